The van der Waals surface area contributed by atoms with Gasteiger partial charge >= 0.3 is 12.1 Å². The van der Waals surface area contributed by atoms with Crippen molar-refractivity contribution in [1.82, 2.24) is 4.90 Å². The smallest absolute Gasteiger partial charge is 0.475 e. The van der Waals surface area contributed by atoms with E-state index in [2.05, 4.69) is 29.2 Å². The van der Waals surface area contributed by atoms with Crippen LogP contribution in [0.2, 0.25) is 0 Å². The molecule has 1 heterocycles. The summed E-state index contributed by atoms with van der Waals surface area (Å²) in [6, 6.07) is 6.58. The van der Waals surface area contributed by atoms with E-state index < -0.39 is 12.1 Å². The fraction of sp³-hybridized carbons (Fsp3) is 0.550. The highest BCUT2D eigenvalue weighted by atomic mass is 19.4. The van der Waals surface area contributed by atoms with Crippen LogP contribution in [0, 0.1) is 0 Å². The zero-order chi connectivity index (χ0) is 20.6. The van der Waals surface area contributed by atoms with Crippen LogP contribution in [-0.4, -0.2) is 55.0 Å². The van der Waals surface area contributed by atoms with Gasteiger partial charge in [0.05, 0.1) is 13.2 Å². The number of halogens is 3. The number of morpholine rings is 1. The molecule has 0 bridgehead atoms. The number of aliphatic carboxylic acids is 1. The van der Waals surface area contributed by atoms with Gasteiger partial charge in [-0.2, -0.15) is 13.2 Å². The lowest BCUT2D eigenvalue weighted by molar-refractivity contribution is -0.192. The number of nitrogen functional groups attached to an aromatic ring is 1. The van der Waals surface area contributed by atoms with Gasteiger partial charge in [0.15, 0.2) is 0 Å². The number of anilines is 1. The van der Waals surface area contributed by atoms with Crippen LogP contribution in [0.4, 0.5) is 18.9 Å². The third kappa shape index (κ3) is 7.16. The molecule has 156 valence electrons. The van der Waals surface area contributed by atoms with Gasteiger partial charge < -0.3 is 15.6 Å². The molecule has 1 aliphatic heterocycles. The topological polar surface area (TPSA) is 75.8 Å². The van der Waals surface area contributed by atoms with E-state index in [1.807, 2.05) is 0 Å². The summed E-state index contributed by atoms with van der Waals surface area (Å²) in [6.45, 7) is 4.99. The lowest BCUT2D eigenvalue weighted by atomic mass is 9.91. The van der Waals surface area contributed by atoms with Crippen molar-refractivity contribution in [3.05, 3.63) is 35.4 Å². The first-order chi connectivity index (χ1) is 13.3. The van der Waals surface area contributed by atoms with Crippen LogP contribution in [-0.2, 0) is 16.0 Å². The van der Waals surface area contributed by atoms with E-state index in [0.29, 0.717) is 0 Å². The van der Waals surface area contributed by atoms with E-state index >= 15 is 0 Å². The Bertz CT molecular complexity index is 684. The Morgan fingerprint density at radius 3 is 2.46 bits per heavy atom. The number of alkyl halides is 3. The molecule has 0 radical (unpaired) electrons. The van der Waals surface area contributed by atoms with Crippen molar-refractivity contribution in [2.24, 2.45) is 0 Å². The fourth-order valence-electron chi connectivity index (χ4n) is 3.23. The molecule has 5 nitrogen and oxygen atoms in total. The predicted molar refractivity (Wildman–Crippen MR) is 102 cm³/mol. The number of nitrogens with zero attached hydrogens (tertiary/aromatic N) is 1. The molecule has 28 heavy (non-hydrogen) atoms. The molecule has 0 amide bonds. The van der Waals surface area contributed by atoms with E-state index in [0.717, 1.165) is 45.0 Å². The molecule has 1 aromatic rings. The van der Waals surface area contributed by atoms with Crippen LogP contribution in [0.15, 0.2) is 24.3 Å². The normalized spacial score (nSPS) is 18.0. The van der Waals surface area contributed by atoms with E-state index in [1.54, 1.807) is 0 Å². The molecule has 3 rings (SSSR count). The molecule has 1 aromatic carbocycles. The Morgan fingerprint density at radius 1 is 1.21 bits per heavy atom. The number of allylic oxidation sites excluding steroid dienone is 2. The Morgan fingerprint density at radius 2 is 1.89 bits per heavy atom. The van der Waals surface area contributed by atoms with Crippen LogP contribution in [0.1, 0.15) is 36.8 Å². The van der Waals surface area contributed by atoms with Gasteiger partial charge in [0.25, 0.3) is 0 Å². The van der Waals surface area contributed by atoms with Gasteiger partial charge in [-0.05, 0) is 55.4 Å². The first-order valence-electron chi connectivity index (χ1n) is 9.45. The Labute approximate surface area is 163 Å². The summed E-state index contributed by atoms with van der Waals surface area (Å²) in [6.07, 6.45) is 3.38. The minimum Gasteiger partial charge on any atom is -0.475 e. The predicted octanol–water partition coefficient (Wildman–Crippen LogP) is 3.73. The van der Waals surface area contributed by atoms with E-state index in [4.69, 9.17) is 20.4 Å². The lowest BCUT2D eigenvalue weighted by Gasteiger charge is -2.26. The van der Waals surface area contributed by atoms with Crippen LogP contribution >= 0.6 is 0 Å². The lowest BCUT2D eigenvalue weighted by Crippen LogP contribution is -2.37. The third-order valence-corrected chi connectivity index (χ3v) is 4.82. The van der Waals surface area contributed by atoms with Crippen molar-refractivity contribution < 1.29 is 27.8 Å². The average molecular weight is 400 g/mol. The standard InChI is InChI=1S/C18H26N2O.C2HF3O2/c19-18-7-6-15(8-9-20-10-12-21-13-11-20)14-17(18)16-4-2-1-3-5-16;3-2(4,5)1(6)7/h4,6-7,14H,1-3,5,8-13,19H2;(H,6,7). The highest BCUT2D eigenvalue weighted by molar-refractivity contribution is 5.76. The minimum absolute atomic E-state index is 0.875. The first-order valence-corrected chi connectivity index (χ1v) is 9.45. The van der Waals surface area contributed by atoms with Crippen LogP contribution in [0.3, 0.4) is 0 Å². The molecule has 1 fully saturated rings. The van der Waals surface area contributed by atoms with E-state index in [-0.39, 0.29) is 0 Å². The summed E-state index contributed by atoms with van der Waals surface area (Å²) in [4.78, 5) is 11.4. The summed E-state index contributed by atoms with van der Waals surface area (Å²) in [5, 5.41) is 7.12. The number of ether oxygens (including phenoxy) is 1. The summed E-state index contributed by atoms with van der Waals surface area (Å²) in [7, 11) is 0. The molecular formula is C20H27F3N2O3. The number of hydrogen-bond acceptors (Lipinski definition) is 4. The van der Waals surface area contributed by atoms with Gasteiger partial charge in [0.2, 0.25) is 0 Å². The van der Waals surface area contributed by atoms with Gasteiger partial charge in [-0.1, -0.05) is 12.1 Å². The van der Waals surface area contributed by atoms with Gasteiger partial charge in [0, 0.05) is 30.9 Å². The van der Waals surface area contributed by atoms with Gasteiger partial charge in [-0.3, -0.25) is 4.90 Å². The van der Waals surface area contributed by atoms with E-state index in [9.17, 15) is 13.2 Å². The number of rotatable bonds is 4. The maximum absolute atomic E-state index is 10.6. The van der Waals surface area contributed by atoms with Crippen molar-refractivity contribution in [2.45, 2.75) is 38.3 Å². The fourth-order valence-corrected chi connectivity index (χ4v) is 3.23. The molecule has 3 N–H and O–H groups in total. The maximum Gasteiger partial charge on any atom is 0.490 e. The molecule has 2 aliphatic rings. The average Bonchev–Trinajstić information content (AvgIpc) is 2.68. The van der Waals surface area contributed by atoms with E-state index in [1.165, 1.54) is 42.4 Å². The van der Waals surface area contributed by atoms with Crippen molar-refractivity contribution in [3.8, 4) is 0 Å². The summed E-state index contributed by atoms with van der Waals surface area (Å²) >= 11 is 0. The summed E-state index contributed by atoms with van der Waals surface area (Å²) in [5.74, 6) is -2.76. The molecule has 1 saturated heterocycles. The number of hydrogen-bond donors (Lipinski definition) is 2. The van der Waals surface area contributed by atoms with Crippen LogP contribution < -0.4 is 5.73 Å². The van der Waals surface area contributed by atoms with Crippen molar-refractivity contribution in [3.63, 3.8) is 0 Å². The maximum atomic E-state index is 10.6. The molecule has 0 unspecified atom stereocenters. The number of benzene rings is 1. The summed E-state index contributed by atoms with van der Waals surface area (Å²) in [5.41, 5.74) is 11.2. The first kappa shape index (κ1) is 22.2. The largest absolute Gasteiger partial charge is 0.490 e. The highest BCUT2D eigenvalue weighted by Gasteiger charge is 2.38. The zero-order valence-electron chi connectivity index (χ0n) is 15.8. The van der Waals surface area contributed by atoms with Crippen molar-refractivity contribution >= 4 is 17.2 Å². The monoisotopic (exact) mass is 400 g/mol. The highest BCUT2D eigenvalue weighted by Crippen LogP contribution is 2.31. The second-order valence-corrected chi connectivity index (χ2v) is 6.90. The number of carboxylic acid groups (broad SMARTS) is 1. The molecule has 8 heteroatoms. The molecule has 0 aromatic heterocycles. The van der Waals surface area contributed by atoms with Gasteiger partial charge in [-0.15, -0.1) is 0 Å². The quantitative estimate of drug-likeness (QED) is 0.753. The van der Waals surface area contributed by atoms with Gasteiger partial charge in [-0.25, -0.2) is 4.79 Å². The van der Waals surface area contributed by atoms with Crippen molar-refractivity contribution in [2.75, 3.05) is 38.6 Å². The Kier molecular flexibility index (Phi) is 8.32. The second kappa shape index (κ2) is 10.5. The molecule has 0 atom stereocenters. The molecule has 1 aliphatic carbocycles. The molecular weight excluding hydrogens is 373 g/mol. The number of carboxylic acids is 1. The molecule has 0 spiro atoms. The second-order valence-electron chi connectivity index (χ2n) is 6.90. The Hall–Kier alpha value is -2.06. The van der Waals surface area contributed by atoms with Crippen LogP contribution in [0.25, 0.3) is 5.57 Å². The summed E-state index contributed by atoms with van der Waals surface area (Å²) < 4.78 is 37.1. The van der Waals surface area contributed by atoms with Gasteiger partial charge in [0.1, 0.15) is 0 Å². The van der Waals surface area contributed by atoms with Crippen molar-refractivity contribution in [1.29, 1.82) is 0 Å². The number of carbonyl (C=O) groups is 1. The third-order valence-electron chi connectivity index (χ3n) is 4.82. The Balaban J connectivity index is 0.000000345. The number of nitrogens with two attached hydrogens (primary N) is 1. The minimum atomic E-state index is -5.08. The van der Waals surface area contributed by atoms with Crippen LogP contribution in [0.5, 0.6) is 0 Å². The molecule has 0 saturated carbocycles. The SMILES string of the molecule is Nc1ccc(CCN2CCOCC2)cc1C1=CCCCC1.O=C(O)C(F)(F)F. The zero-order valence-corrected chi connectivity index (χ0v) is 15.8.